The predicted molar refractivity (Wildman–Crippen MR) is 58.9 cm³/mol. The zero-order valence-corrected chi connectivity index (χ0v) is 9.59. The number of aromatic nitrogens is 2. The van der Waals surface area contributed by atoms with E-state index in [1.54, 1.807) is 6.07 Å². The number of hydrogen-bond acceptors (Lipinski definition) is 2. The number of anilines is 1. The highest BCUT2D eigenvalue weighted by atomic mass is 19.3. The molecule has 6 heteroatoms. The lowest BCUT2D eigenvalue weighted by molar-refractivity contribution is -0.120. The predicted octanol–water partition coefficient (Wildman–Crippen LogP) is 2.35. The molecule has 1 aromatic heterocycles. The van der Waals surface area contributed by atoms with Crippen LogP contribution >= 0.6 is 0 Å². The van der Waals surface area contributed by atoms with Crippen molar-refractivity contribution in [2.75, 3.05) is 5.32 Å². The van der Waals surface area contributed by atoms with Crippen molar-refractivity contribution in [3.63, 3.8) is 0 Å². The molecule has 1 unspecified atom stereocenters. The lowest BCUT2D eigenvalue weighted by Gasteiger charge is -2.09. The normalized spacial score (nSPS) is 22.6. The van der Waals surface area contributed by atoms with E-state index >= 15 is 0 Å². The average Bonchev–Trinajstić information content (AvgIpc) is 2.84. The van der Waals surface area contributed by atoms with Crippen LogP contribution in [0, 0.1) is 5.92 Å². The lowest BCUT2D eigenvalue weighted by atomic mass is 10.1. The first kappa shape index (κ1) is 12.0. The number of aryl methyl sites for hydroxylation is 1. The Bertz CT molecular complexity index is 417. The molecule has 0 aromatic carbocycles. The molecule has 1 atom stereocenters. The number of amides is 1. The second kappa shape index (κ2) is 4.43. The molecule has 1 fully saturated rings. The van der Waals surface area contributed by atoms with E-state index in [2.05, 4.69) is 15.5 Å². The van der Waals surface area contributed by atoms with Crippen LogP contribution in [0.25, 0.3) is 0 Å². The van der Waals surface area contributed by atoms with Gasteiger partial charge in [0.2, 0.25) is 11.8 Å². The Morgan fingerprint density at radius 1 is 1.71 bits per heavy atom. The smallest absolute Gasteiger partial charge is 0.248 e. The van der Waals surface area contributed by atoms with Gasteiger partial charge in [-0.25, -0.2) is 8.78 Å². The topological polar surface area (TPSA) is 57.8 Å². The van der Waals surface area contributed by atoms with Gasteiger partial charge in [0.15, 0.2) is 5.82 Å². The van der Waals surface area contributed by atoms with E-state index < -0.39 is 11.8 Å². The summed E-state index contributed by atoms with van der Waals surface area (Å²) in [5, 5.41) is 9.21. The molecule has 1 aliphatic rings. The van der Waals surface area contributed by atoms with Crippen molar-refractivity contribution in [3.8, 4) is 0 Å². The fourth-order valence-electron chi connectivity index (χ4n) is 2.01. The summed E-state index contributed by atoms with van der Waals surface area (Å²) in [5.74, 6) is -3.26. The maximum absolute atomic E-state index is 13.0. The number of H-pyrrole nitrogens is 1. The van der Waals surface area contributed by atoms with Crippen molar-refractivity contribution in [2.24, 2.45) is 5.92 Å². The Balaban J connectivity index is 1.93. The van der Waals surface area contributed by atoms with E-state index in [9.17, 15) is 13.6 Å². The number of rotatable bonds is 3. The van der Waals surface area contributed by atoms with Crippen LogP contribution in [0.15, 0.2) is 6.07 Å². The third kappa shape index (κ3) is 2.81. The van der Waals surface area contributed by atoms with Crippen molar-refractivity contribution >= 4 is 11.7 Å². The van der Waals surface area contributed by atoms with Crippen LogP contribution in [0.5, 0.6) is 0 Å². The molecule has 1 amide bonds. The van der Waals surface area contributed by atoms with Crippen molar-refractivity contribution in [1.29, 1.82) is 0 Å². The molecule has 2 rings (SSSR count). The van der Waals surface area contributed by atoms with Gasteiger partial charge in [-0.15, -0.1) is 0 Å². The van der Waals surface area contributed by atoms with Gasteiger partial charge >= 0.3 is 0 Å². The summed E-state index contributed by atoms with van der Waals surface area (Å²) in [5.41, 5.74) is 0.900. The summed E-state index contributed by atoms with van der Waals surface area (Å²) in [7, 11) is 0. The number of aromatic amines is 1. The highest BCUT2D eigenvalue weighted by Crippen LogP contribution is 2.39. The number of halogens is 2. The minimum atomic E-state index is -2.69. The van der Waals surface area contributed by atoms with E-state index in [-0.39, 0.29) is 25.2 Å². The van der Waals surface area contributed by atoms with Crippen LogP contribution in [-0.4, -0.2) is 22.0 Å². The average molecular weight is 243 g/mol. The first-order valence-corrected chi connectivity index (χ1v) is 5.73. The molecule has 1 aliphatic carbocycles. The van der Waals surface area contributed by atoms with Crippen molar-refractivity contribution in [3.05, 3.63) is 11.8 Å². The summed E-state index contributed by atoms with van der Waals surface area (Å²) >= 11 is 0. The number of nitrogens with one attached hydrogen (secondary N) is 2. The van der Waals surface area contributed by atoms with Gasteiger partial charge in [-0.05, 0) is 12.8 Å². The highest BCUT2D eigenvalue weighted by Gasteiger charge is 2.42. The molecular weight excluding hydrogens is 228 g/mol. The van der Waals surface area contributed by atoms with E-state index in [4.69, 9.17) is 0 Å². The van der Waals surface area contributed by atoms with E-state index in [0.29, 0.717) is 5.82 Å². The summed E-state index contributed by atoms with van der Waals surface area (Å²) in [6.07, 6.45) is 0.462. The van der Waals surface area contributed by atoms with E-state index in [0.717, 1.165) is 12.1 Å². The second-order valence-electron chi connectivity index (χ2n) is 4.42. The van der Waals surface area contributed by atoms with Crippen LogP contribution in [0.1, 0.15) is 31.9 Å². The van der Waals surface area contributed by atoms with Crippen molar-refractivity contribution in [2.45, 2.75) is 38.5 Å². The first-order valence-electron chi connectivity index (χ1n) is 5.73. The molecule has 94 valence electrons. The van der Waals surface area contributed by atoms with Crippen molar-refractivity contribution < 1.29 is 13.6 Å². The Kier molecular flexibility index (Phi) is 3.13. The van der Waals surface area contributed by atoms with Gasteiger partial charge in [-0.1, -0.05) is 6.92 Å². The molecule has 1 aromatic rings. The molecule has 17 heavy (non-hydrogen) atoms. The molecule has 0 bridgehead atoms. The summed E-state index contributed by atoms with van der Waals surface area (Å²) in [6, 6.07) is 1.71. The summed E-state index contributed by atoms with van der Waals surface area (Å²) in [4.78, 5) is 11.7. The monoisotopic (exact) mass is 243 g/mol. The molecule has 0 spiro atoms. The second-order valence-corrected chi connectivity index (χ2v) is 4.42. The minimum Gasteiger partial charge on any atom is -0.309 e. The van der Waals surface area contributed by atoms with Crippen molar-refractivity contribution in [1.82, 2.24) is 10.2 Å². The number of alkyl halides is 2. The van der Waals surface area contributed by atoms with Crippen LogP contribution in [-0.2, 0) is 11.2 Å². The third-order valence-electron chi connectivity index (χ3n) is 3.04. The molecule has 1 saturated carbocycles. The van der Waals surface area contributed by atoms with E-state index in [1.165, 1.54) is 0 Å². The molecule has 0 radical (unpaired) electrons. The number of carbonyl (C=O) groups excluding carboxylic acids is 1. The Hall–Kier alpha value is -1.46. The van der Waals surface area contributed by atoms with Crippen LogP contribution in [0.2, 0.25) is 0 Å². The highest BCUT2D eigenvalue weighted by molar-refractivity contribution is 5.91. The first-order chi connectivity index (χ1) is 8.00. The van der Waals surface area contributed by atoms with Gasteiger partial charge in [-0.3, -0.25) is 9.89 Å². The van der Waals surface area contributed by atoms with Gasteiger partial charge in [0.25, 0.3) is 0 Å². The fraction of sp³-hybridized carbons (Fsp3) is 0.636. The standard InChI is InChI=1S/C11H15F2N3O/c1-2-8-5-9(16-15-8)14-10(17)7-3-4-11(12,13)6-7/h5,7H,2-4,6H2,1H3,(H2,14,15,16,17). The number of nitrogens with zero attached hydrogens (tertiary/aromatic N) is 1. The Labute approximate surface area is 97.8 Å². The third-order valence-corrected chi connectivity index (χ3v) is 3.04. The maximum Gasteiger partial charge on any atom is 0.248 e. The molecule has 0 aliphatic heterocycles. The largest absolute Gasteiger partial charge is 0.309 e. The summed E-state index contributed by atoms with van der Waals surface area (Å²) in [6.45, 7) is 1.95. The fourth-order valence-corrected chi connectivity index (χ4v) is 2.01. The quantitative estimate of drug-likeness (QED) is 0.856. The zero-order valence-electron chi connectivity index (χ0n) is 9.59. The molecule has 4 nitrogen and oxygen atoms in total. The molecule has 2 N–H and O–H groups in total. The Morgan fingerprint density at radius 3 is 3.00 bits per heavy atom. The summed E-state index contributed by atoms with van der Waals surface area (Å²) < 4.78 is 25.9. The lowest BCUT2D eigenvalue weighted by Crippen LogP contribution is -2.22. The maximum atomic E-state index is 13.0. The van der Waals surface area contributed by atoms with Crippen LogP contribution in [0.3, 0.4) is 0 Å². The molecule has 1 heterocycles. The van der Waals surface area contributed by atoms with Gasteiger partial charge < -0.3 is 5.32 Å². The van der Waals surface area contributed by atoms with Crippen LogP contribution in [0.4, 0.5) is 14.6 Å². The van der Waals surface area contributed by atoms with Gasteiger partial charge in [0.05, 0.1) is 0 Å². The SMILES string of the molecule is CCc1cc(NC(=O)C2CCC(F)(F)C2)n[nH]1. The van der Waals surface area contributed by atoms with Gasteiger partial charge in [0, 0.05) is 30.5 Å². The number of hydrogen-bond donors (Lipinski definition) is 2. The molecular formula is C11H15F2N3O. The van der Waals surface area contributed by atoms with E-state index in [1.807, 2.05) is 6.92 Å². The Morgan fingerprint density at radius 2 is 2.47 bits per heavy atom. The number of carbonyl (C=O) groups is 1. The van der Waals surface area contributed by atoms with Gasteiger partial charge in [0.1, 0.15) is 0 Å². The molecule has 0 saturated heterocycles. The minimum absolute atomic E-state index is 0.203. The zero-order chi connectivity index (χ0) is 12.5. The van der Waals surface area contributed by atoms with Gasteiger partial charge in [-0.2, -0.15) is 5.10 Å². The van der Waals surface area contributed by atoms with Crippen LogP contribution < -0.4 is 5.32 Å².